The Balaban J connectivity index is 1.98. The van der Waals surface area contributed by atoms with E-state index in [4.69, 9.17) is 14.2 Å². The van der Waals surface area contributed by atoms with E-state index in [1.165, 1.54) is 0 Å². The Bertz CT molecular complexity index is 271. The molecule has 3 aliphatic rings. The largest absolute Gasteiger partial charge is 0.387 e. The van der Waals surface area contributed by atoms with Crippen molar-refractivity contribution in [2.45, 2.75) is 30.5 Å². The fourth-order valence-corrected chi connectivity index (χ4v) is 3.35. The van der Waals surface area contributed by atoms with Crippen LogP contribution in [0.25, 0.3) is 0 Å². The summed E-state index contributed by atoms with van der Waals surface area (Å²) in [5, 5.41) is 20.4. The lowest BCUT2D eigenvalue weighted by molar-refractivity contribution is -0.178. The summed E-state index contributed by atoms with van der Waals surface area (Å²) >= 11 is 0. The van der Waals surface area contributed by atoms with Crippen LogP contribution in [-0.2, 0) is 14.2 Å². The summed E-state index contributed by atoms with van der Waals surface area (Å²) in [6.07, 6.45) is -0.731. The van der Waals surface area contributed by atoms with Crippen molar-refractivity contribution < 1.29 is 24.4 Å². The molecule has 0 aromatic heterocycles. The van der Waals surface area contributed by atoms with E-state index in [0.29, 0.717) is 6.61 Å². The minimum absolute atomic E-state index is 0.135. The van der Waals surface area contributed by atoms with Gasteiger partial charge in [-0.1, -0.05) is 0 Å². The van der Waals surface area contributed by atoms with E-state index in [1.54, 1.807) is 7.11 Å². The van der Waals surface area contributed by atoms with Gasteiger partial charge in [-0.25, -0.2) is 0 Å². The van der Waals surface area contributed by atoms with Gasteiger partial charge in [-0.05, 0) is 6.42 Å². The molecule has 15 heavy (non-hydrogen) atoms. The van der Waals surface area contributed by atoms with Gasteiger partial charge >= 0.3 is 0 Å². The predicted octanol–water partition coefficient (Wildman–Crippen LogP) is -0.884. The number of ether oxygens (including phenoxy) is 3. The minimum atomic E-state index is -1.18. The summed E-state index contributed by atoms with van der Waals surface area (Å²) in [6, 6.07) is 0. The molecule has 6 atom stereocenters. The molecule has 5 heteroatoms. The number of rotatable bonds is 1. The molecule has 2 aliphatic heterocycles. The summed E-state index contributed by atoms with van der Waals surface area (Å²) in [5.74, 6) is -0.0116. The Kier molecular flexibility index (Phi) is 2.10. The van der Waals surface area contributed by atoms with Gasteiger partial charge in [0.2, 0.25) is 0 Å². The van der Waals surface area contributed by atoms with Crippen LogP contribution in [-0.4, -0.2) is 54.6 Å². The molecule has 0 spiro atoms. The first-order chi connectivity index (χ1) is 7.18. The molecule has 0 radical (unpaired) electrons. The quantitative estimate of drug-likeness (QED) is 0.595. The second-order valence-corrected chi connectivity index (χ2v) is 4.66. The molecule has 5 nitrogen and oxygen atoms in total. The van der Waals surface area contributed by atoms with Gasteiger partial charge in [-0.3, -0.25) is 0 Å². The van der Waals surface area contributed by atoms with Gasteiger partial charge < -0.3 is 24.4 Å². The van der Waals surface area contributed by atoms with Crippen molar-refractivity contribution in [3.05, 3.63) is 0 Å². The molecule has 86 valence electrons. The van der Waals surface area contributed by atoms with E-state index in [-0.39, 0.29) is 30.8 Å². The molecule has 1 saturated carbocycles. The molecule has 6 unspecified atom stereocenters. The number of methoxy groups -OCH3 is 1. The normalized spacial score (nSPS) is 58.2. The van der Waals surface area contributed by atoms with Gasteiger partial charge in [0, 0.05) is 18.9 Å². The van der Waals surface area contributed by atoms with Crippen LogP contribution in [0.1, 0.15) is 6.42 Å². The third-order valence-electron chi connectivity index (χ3n) is 4.06. The van der Waals surface area contributed by atoms with Crippen LogP contribution in [0.3, 0.4) is 0 Å². The standard InChI is InChI=1S/C10H16O5/c1-13-7-5-2-3-14-9-6(5)10(12,4-15-9)8(7)11/h5-9,11-12H,2-4H2,1H3. The fourth-order valence-electron chi connectivity index (χ4n) is 3.35. The second-order valence-electron chi connectivity index (χ2n) is 4.66. The Morgan fingerprint density at radius 3 is 2.93 bits per heavy atom. The van der Waals surface area contributed by atoms with Crippen molar-refractivity contribution in [1.29, 1.82) is 0 Å². The topological polar surface area (TPSA) is 68.2 Å². The molecule has 0 aromatic carbocycles. The number of aliphatic hydroxyl groups excluding tert-OH is 1. The van der Waals surface area contributed by atoms with Crippen molar-refractivity contribution in [1.82, 2.24) is 0 Å². The smallest absolute Gasteiger partial charge is 0.163 e. The molecule has 2 heterocycles. The molecular formula is C10H16O5. The first kappa shape index (κ1) is 9.99. The lowest BCUT2D eigenvalue weighted by atomic mass is 9.84. The summed E-state index contributed by atoms with van der Waals surface area (Å²) in [4.78, 5) is 0. The van der Waals surface area contributed by atoms with Gasteiger partial charge in [-0.15, -0.1) is 0 Å². The van der Waals surface area contributed by atoms with Gasteiger partial charge in [-0.2, -0.15) is 0 Å². The number of hydrogen-bond donors (Lipinski definition) is 2. The highest BCUT2D eigenvalue weighted by molar-refractivity contribution is 5.13. The highest BCUT2D eigenvalue weighted by Gasteiger charge is 2.67. The van der Waals surface area contributed by atoms with Gasteiger partial charge in [0.05, 0.1) is 19.3 Å². The van der Waals surface area contributed by atoms with Gasteiger partial charge in [0.25, 0.3) is 0 Å². The zero-order valence-corrected chi connectivity index (χ0v) is 8.63. The van der Waals surface area contributed by atoms with E-state index < -0.39 is 11.7 Å². The van der Waals surface area contributed by atoms with Gasteiger partial charge in [0.1, 0.15) is 11.7 Å². The number of hydrogen-bond acceptors (Lipinski definition) is 5. The Morgan fingerprint density at radius 2 is 2.20 bits per heavy atom. The zero-order chi connectivity index (χ0) is 10.6. The maximum Gasteiger partial charge on any atom is 0.163 e. The molecule has 2 saturated heterocycles. The second kappa shape index (κ2) is 3.15. The third kappa shape index (κ3) is 1.10. The third-order valence-corrected chi connectivity index (χ3v) is 4.06. The number of aliphatic hydroxyl groups is 2. The Morgan fingerprint density at radius 1 is 1.40 bits per heavy atom. The maximum absolute atomic E-state index is 10.4. The van der Waals surface area contributed by atoms with E-state index in [0.717, 1.165) is 6.42 Å². The summed E-state index contributed by atoms with van der Waals surface area (Å²) in [7, 11) is 1.57. The molecule has 3 rings (SSSR count). The zero-order valence-electron chi connectivity index (χ0n) is 8.63. The van der Waals surface area contributed by atoms with Crippen LogP contribution in [0, 0.1) is 11.8 Å². The molecule has 1 aliphatic carbocycles. The van der Waals surface area contributed by atoms with Crippen molar-refractivity contribution in [2.75, 3.05) is 20.3 Å². The fraction of sp³-hybridized carbons (Fsp3) is 1.00. The van der Waals surface area contributed by atoms with Crippen LogP contribution in [0.5, 0.6) is 0 Å². The average Bonchev–Trinajstić information content (AvgIpc) is 2.69. The summed E-state index contributed by atoms with van der Waals surface area (Å²) < 4.78 is 16.1. The first-order valence-electron chi connectivity index (χ1n) is 5.35. The van der Waals surface area contributed by atoms with Crippen LogP contribution in [0.2, 0.25) is 0 Å². The SMILES string of the molecule is COC1C2CCOC3OCC(O)(C1O)C32. The van der Waals surface area contributed by atoms with E-state index >= 15 is 0 Å². The maximum atomic E-state index is 10.4. The minimum Gasteiger partial charge on any atom is -0.387 e. The van der Waals surface area contributed by atoms with Crippen LogP contribution >= 0.6 is 0 Å². The molecule has 0 amide bonds. The molecule has 0 bridgehead atoms. The molecule has 3 fully saturated rings. The first-order valence-corrected chi connectivity index (χ1v) is 5.35. The van der Waals surface area contributed by atoms with Crippen LogP contribution in [0.4, 0.5) is 0 Å². The van der Waals surface area contributed by atoms with Crippen molar-refractivity contribution in [3.8, 4) is 0 Å². The van der Waals surface area contributed by atoms with E-state index in [2.05, 4.69) is 0 Å². The summed E-state index contributed by atoms with van der Waals surface area (Å²) in [6.45, 7) is 0.744. The molecular weight excluding hydrogens is 200 g/mol. The van der Waals surface area contributed by atoms with Crippen LogP contribution in [0.15, 0.2) is 0 Å². The summed E-state index contributed by atoms with van der Waals surface area (Å²) in [5.41, 5.74) is -1.18. The van der Waals surface area contributed by atoms with Gasteiger partial charge in [0.15, 0.2) is 6.29 Å². The van der Waals surface area contributed by atoms with Crippen molar-refractivity contribution in [3.63, 3.8) is 0 Å². The lowest BCUT2D eigenvalue weighted by Crippen LogP contribution is -2.47. The van der Waals surface area contributed by atoms with E-state index in [1.807, 2.05) is 0 Å². The van der Waals surface area contributed by atoms with Crippen molar-refractivity contribution in [2.24, 2.45) is 11.8 Å². The Hall–Kier alpha value is -0.200. The molecule has 2 N–H and O–H groups in total. The van der Waals surface area contributed by atoms with Crippen molar-refractivity contribution >= 4 is 0 Å². The average molecular weight is 216 g/mol. The Labute approximate surface area is 87.9 Å². The monoisotopic (exact) mass is 216 g/mol. The molecule has 0 aromatic rings. The highest BCUT2D eigenvalue weighted by atomic mass is 16.7. The van der Waals surface area contributed by atoms with Crippen LogP contribution < -0.4 is 0 Å². The predicted molar refractivity (Wildman–Crippen MR) is 49.0 cm³/mol. The van der Waals surface area contributed by atoms with E-state index in [9.17, 15) is 10.2 Å². The lowest BCUT2D eigenvalue weighted by Gasteiger charge is -2.32. The highest BCUT2D eigenvalue weighted by Crippen LogP contribution is 2.52.